The van der Waals surface area contributed by atoms with Crippen molar-refractivity contribution in [2.24, 2.45) is 5.73 Å². The van der Waals surface area contributed by atoms with Gasteiger partial charge in [-0.2, -0.15) is 0 Å². The van der Waals surface area contributed by atoms with Crippen molar-refractivity contribution >= 4 is 0 Å². The zero-order valence-corrected chi connectivity index (χ0v) is 9.15. The molecule has 0 spiro atoms. The standard InChI is InChI=1S/C14H19N/c15-11-10-12-6-8-14(9-7-12)13-4-2-1-3-5-13/h1-5,10,14H,6-9,11,15H2. The number of rotatable bonds is 2. The Bertz CT molecular complexity index is 316. The van der Waals surface area contributed by atoms with E-state index in [2.05, 4.69) is 36.4 Å². The summed E-state index contributed by atoms with van der Waals surface area (Å²) in [6, 6.07) is 10.9. The van der Waals surface area contributed by atoms with E-state index in [1.807, 2.05) is 0 Å². The Morgan fingerprint density at radius 1 is 1.13 bits per heavy atom. The van der Waals surface area contributed by atoms with Gasteiger partial charge in [-0.25, -0.2) is 0 Å². The van der Waals surface area contributed by atoms with Crippen LogP contribution in [0.5, 0.6) is 0 Å². The topological polar surface area (TPSA) is 26.0 Å². The van der Waals surface area contributed by atoms with Crippen molar-refractivity contribution in [1.29, 1.82) is 0 Å². The van der Waals surface area contributed by atoms with E-state index in [1.54, 1.807) is 5.57 Å². The molecule has 2 N–H and O–H groups in total. The van der Waals surface area contributed by atoms with Gasteiger partial charge in [-0.05, 0) is 37.2 Å². The molecule has 0 atom stereocenters. The Labute approximate surface area is 92.0 Å². The van der Waals surface area contributed by atoms with Crippen molar-refractivity contribution in [3.05, 3.63) is 47.5 Å². The van der Waals surface area contributed by atoms with E-state index in [0.29, 0.717) is 6.54 Å². The van der Waals surface area contributed by atoms with Gasteiger partial charge in [-0.1, -0.05) is 42.0 Å². The molecule has 0 radical (unpaired) electrons. The van der Waals surface area contributed by atoms with Crippen molar-refractivity contribution < 1.29 is 0 Å². The molecular weight excluding hydrogens is 182 g/mol. The molecule has 1 nitrogen and oxygen atoms in total. The van der Waals surface area contributed by atoms with Crippen LogP contribution < -0.4 is 5.73 Å². The molecule has 1 saturated carbocycles. The Kier molecular flexibility index (Phi) is 3.57. The lowest BCUT2D eigenvalue weighted by Gasteiger charge is -2.24. The van der Waals surface area contributed by atoms with E-state index in [1.165, 1.54) is 31.2 Å². The minimum Gasteiger partial charge on any atom is -0.327 e. The summed E-state index contributed by atoms with van der Waals surface area (Å²) in [6.45, 7) is 0.700. The Balaban J connectivity index is 1.97. The molecule has 0 amide bonds. The fourth-order valence-electron chi connectivity index (χ4n) is 2.42. The zero-order valence-electron chi connectivity index (χ0n) is 9.15. The van der Waals surface area contributed by atoms with Gasteiger partial charge in [0.2, 0.25) is 0 Å². The predicted octanol–water partition coefficient (Wildman–Crippen LogP) is 3.23. The van der Waals surface area contributed by atoms with Crippen LogP contribution in [0.25, 0.3) is 0 Å². The van der Waals surface area contributed by atoms with Gasteiger partial charge >= 0.3 is 0 Å². The summed E-state index contributed by atoms with van der Waals surface area (Å²) in [6.07, 6.45) is 7.24. The van der Waals surface area contributed by atoms with Gasteiger partial charge < -0.3 is 5.73 Å². The van der Waals surface area contributed by atoms with E-state index < -0.39 is 0 Å². The maximum absolute atomic E-state index is 5.53. The minimum atomic E-state index is 0.700. The molecule has 1 aliphatic carbocycles. The minimum absolute atomic E-state index is 0.700. The van der Waals surface area contributed by atoms with E-state index in [9.17, 15) is 0 Å². The first-order valence-electron chi connectivity index (χ1n) is 5.83. The summed E-state index contributed by atoms with van der Waals surface area (Å²) in [5, 5.41) is 0. The molecule has 0 unspecified atom stereocenters. The SMILES string of the molecule is NCC=C1CCC(c2ccccc2)CC1. The fourth-order valence-corrected chi connectivity index (χ4v) is 2.42. The summed E-state index contributed by atoms with van der Waals surface area (Å²) in [7, 11) is 0. The van der Waals surface area contributed by atoms with Crippen LogP contribution in [0.15, 0.2) is 42.0 Å². The Morgan fingerprint density at radius 2 is 1.80 bits per heavy atom. The monoisotopic (exact) mass is 201 g/mol. The van der Waals surface area contributed by atoms with Crippen molar-refractivity contribution in [2.45, 2.75) is 31.6 Å². The molecule has 1 aromatic carbocycles. The van der Waals surface area contributed by atoms with Crippen LogP contribution in [-0.2, 0) is 0 Å². The van der Waals surface area contributed by atoms with Crippen molar-refractivity contribution in [2.75, 3.05) is 6.54 Å². The van der Waals surface area contributed by atoms with E-state index in [-0.39, 0.29) is 0 Å². The smallest absolute Gasteiger partial charge is 0.0109 e. The Morgan fingerprint density at radius 3 is 2.40 bits per heavy atom. The fraction of sp³-hybridized carbons (Fsp3) is 0.429. The van der Waals surface area contributed by atoms with Gasteiger partial charge in [-0.15, -0.1) is 0 Å². The average molecular weight is 201 g/mol. The lowest BCUT2D eigenvalue weighted by molar-refractivity contribution is 0.515. The summed E-state index contributed by atoms with van der Waals surface area (Å²) >= 11 is 0. The second-order valence-electron chi connectivity index (χ2n) is 4.28. The van der Waals surface area contributed by atoms with Crippen molar-refractivity contribution in [3.8, 4) is 0 Å². The lowest BCUT2D eigenvalue weighted by Crippen LogP contribution is -2.07. The molecule has 0 saturated heterocycles. The number of benzene rings is 1. The maximum Gasteiger partial charge on any atom is 0.0109 e. The van der Waals surface area contributed by atoms with E-state index in [4.69, 9.17) is 5.73 Å². The zero-order chi connectivity index (χ0) is 10.5. The van der Waals surface area contributed by atoms with Crippen LogP contribution in [0.3, 0.4) is 0 Å². The normalized spacial score (nSPS) is 21.4. The van der Waals surface area contributed by atoms with Gasteiger partial charge in [0.1, 0.15) is 0 Å². The first-order chi connectivity index (χ1) is 7.40. The number of hydrogen-bond donors (Lipinski definition) is 1. The molecule has 2 rings (SSSR count). The van der Waals surface area contributed by atoms with Crippen molar-refractivity contribution in [1.82, 2.24) is 0 Å². The molecule has 80 valence electrons. The highest BCUT2D eigenvalue weighted by Gasteiger charge is 2.17. The highest BCUT2D eigenvalue weighted by molar-refractivity contribution is 5.22. The van der Waals surface area contributed by atoms with Gasteiger partial charge in [0, 0.05) is 6.54 Å². The molecular formula is C14H19N. The van der Waals surface area contributed by atoms with Crippen LogP contribution >= 0.6 is 0 Å². The quantitative estimate of drug-likeness (QED) is 0.730. The Hall–Kier alpha value is -1.08. The van der Waals surface area contributed by atoms with E-state index in [0.717, 1.165) is 5.92 Å². The summed E-state index contributed by atoms with van der Waals surface area (Å²) < 4.78 is 0. The number of hydrogen-bond acceptors (Lipinski definition) is 1. The molecule has 15 heavy (non-hydrogen) atoms. The second-order valence-corrected chi connectivity index (χ2v) is 4.28. The maximum atomic E-state index is 5.53. The third-order valence-electron chi connectivity index (χ3n) is 3.31. The third kappa shape index (κ3) is 2.69. The third-order valence-corrected chi connectivity index (χ3v) is 3.31. The van der Waals surface area contributed by atoms with Crippen LogP contribution in [-0.4, -0.2) is 6.54 Å². The summed E-state index contributed by atoms with van der Waals surface area (Å²) in [5.41, 5.74) is 8.59. The number of nitrogens with two attached hydrogens (primary N) is 1. The van der Waals surface area contributed by atoms with Crippen molar-refractivity contribution in [3.63, 3.8) is 0 Å². The number of allylic oxidation sites excluding steroid dienone is 1. The molecule has 1 fully saturated rings. The molecule has 0 aromatic heterocycles. The summed E-state index contributed by atoms with van der Waals surface area (Å²) in [4.78, 5) is 0. The first kappa shape index (κ1) is 10.4. The van der Waals surface area contributed by atoms with Crippen LogP contribution in [0, 0.1) is 0 Å². The highest BCUT2D eigenvalue weighted by atomic mass is 14.5. The van der Waals surface area contributed by atoms with Gasteiger partial charge in [0.05, 0.1) is 0 Å². The van der Waals surface area contributed by atoms with Gasteiger partial charge in [0.15, 0.2) is 0 Å². The molecule has 1 heteroatoms. The average Bonchev–Trinajstić information content (AvgIpc) is 2.32. The second kappa shape index (κ2) is 5.13. The van der Waals surface area contributed by atoms with Crippen LogP contribution in [0.1, 0.15) is 37.2 Å². The molecule has 1 aromatic rings. The van der Waals surface area contributed by atoms with Gasteiger partial charge in [0.25, 0.3) is 0 Å². The van der Waals surface area contributed by atoms with E-state index >= 15 is 0 Å². The highest BCUT2D eigenvalue weighted by Crippen LogP contribution is 2.34. The predicted molar refractivity (Wildman–Crippen MR) is 64.8 cm³/mol. The summed E-state index contributed by atoms with van der Waals surface area (Å²) in [5.74, 6) is 0.765. The molecule has 0 bridgehead atoms. The van der Waals surface area contributed by atoms with Crippen LogP contribution in [0.4, 0.5) is 0 Å². The van der Waals surface area contributed by atoms with Crippen LogP contribution in [0.2, 0.25) is 0 Å². The molecule has 1 aliphatic rings. The van der Waals surface area contributed by atoms with Gasteiger partial charge in [-0.3, -0.25) is 0 Å². The lowest BCUT2D eigenvalue weighted by atomic mass is 9.81. The first-order valence-corrected chi connectivity index (χ1v) is 5.83. The molecule has 0 heterocycles. The largest absolute Gasteiger partial charge is 0.327 e. The molecule has 0 aliphatic heterocycles.